The summed E-state index contributed by atoms with van der Waals surface area (Å²) in [6.07, 6.45) is 1.07. The van der Waals surface area contributed by atoms with Crippen molar-refractivity contribution in [3.05, 3.63) is 0 Å². The molecule has 0 spiro atoms. The van der Waals surface area contributed by atoms with Gasteiger partial charge in [-0.3, -0.25) is 4.79 Å². The van der Waals surface area contributed by atoms with Crippen molar-refractivity contribution in [2.24, 2.45) is 28.4 Å². The van der Waals surface area contributed by atoms with Crippen LogP contribution in [0.1, 0.15) is 41.0 Å². The number of nitrogens with zero attached hydrogens (tertiary/aromatic N) is 1. The topological polar surface area (TPSA) is 46.3 Å². The fourth-order valence-electron chi connectivity index (χ4n) is 3.41. The number of nitrogens with two attached hydrogens (primary N) is 1. The highest BCUT2D eigenvalue weighted by Crippen LogP contribution is 2.68. The van der Waals surface area contributed by atoms with Crippen molar-refractivity contribution in [3.63, 3.8) is 0 Å². The zero-order valence-electron chi connectivity index (χ0n) is 11.8. The van der Waals surface area contributed by atoms with Gasteiger partial charge in [-0.15, -0.1) is 0 Å². The molecule has 2 rings (SSSR count). The van der Waals surface area contributed by atoms with Gasteiger partial charge in [0.1, 0.15) is 0 Å². The van der Waals surface area contributed by atoms with Gasteiger partial charge in [0.2, 0.25) is 5.91 Å². The van der Waals surface area contributed by atoms with E-state index in [-0.39, 0.29) is 22.8 Å². The van der Waals surface area contributed by atoms with E-state index >= 15 is 0 Å². The van der Waals surface area contributed by atoms with Crippen molar-refractivity contribution in [2.45, 2.75) is 47.1 Å². The van der Waals surface area contributed by atoms with Crippen LogP contribution < -0.4 is 5.73 Å². The lowest BCUT2D eigenvalue weighted by atomic mass is 10.0. The van der Waals surface area contributed by atoms with E-state index in [1.54, 1.807) is 0 Å². The lowest BCUT2D eigenvalue weighted by Crippen LogP contribution is -2.34. The summed E-state index contributed by atoms with van der Waals surface area (Å²) >= 11 is 0. The summed E-state index contributed by atoms with van der Waals surface area (Å²) < 4.78 is 0. The largest absolute Gasteiger partial charge is 0.342 e. The normalized spacial score (nSPS) is 32.6. The third-order valence-corrected chi connectivity index (χ3v) is 5.55. The van der Waals surface area contributed by atoms with Gasteiger partial charge in [-0.2, -0.15) is 0 Å². The van der Waals surface area contributed by atoms with Crippen molar-refractivity contribution in [1.29, 1.82) is 0 Å². The first-order valence-corrected chi connectivity index (χ1v) is 6.74. The number of carbonyl (C=O) groups excluding carboxylic acids is 1. The summed E-state index contributed by atoms with van der Waals surface area (Å²) in [5.41, 5.74) is 6.22. The molecule has 0 radical (unpaired) electrons. The number of hydrogen-bond donors (Lipinski definition) is 1. The van der Waals surface area contributed by atoms with E-state index in [4.69, 9.17) is 5.73 Å². The van der Waals surface area contributed by atoms with Gasteiger partial charge < -0.3 is 10.6 Å². The molecular weight excluding hydrogens is 212 g/mol. The van der Waals surface area contributed by atoms with Gasteiger partial charge in [0.25, 0.3) is 0 Å². The second kappa shape index (κ2) is 3.71. The predicted octanol–water partition coefficient (Wildman–Crippen LogP) is 1.86. The molecule has 3 nitrogen and oxygen atoms in total. The van der Waals surface area contributed by atoms with Crippen LogP contribution in [0, 0.1) is 22.7 Å². The smallest absolute Gasteiger partial charge is 0.226 e. The Kier molecular flexibility index (Phi) is 2.81. The Morgan fingerprint density at radius 3 is 2.18 bits per heavy atom. The van der Waals surface area contributed by atoms with E-state index < -0.39 is 0 Å². The monoisotopic (exact) mass is 238 g/mol. The van der Waals surface area contributed by atoms with Gasteiger partial charge in [0, 0.05) is 25.0 Å². The quantitative estimate of drug-likeness (QED) is 0.798. The van der Waals surface area contributed by atoms with E-state index in [1.807, 2.05) is 11.8 Å². The summed E-state index contributed by atoms with van der Waals surface area (Å²) in [5, 5.41) is 0. The van der Waals surface area contributed by atoms with Crippen molar-refractivity contribution in [1.82, 2.24) is 4.90 Å². The minimum Gasteiger partial charge on any atom is -0.342 e. The Balaban J connectivity index is 2.00. The maximum atomic E-state index is 12.5. The Labute approximate surface area is 105 Å². The van der Waals surface area contributed by atoms with Crippen LogP contribution in [0.2, 0.25) is 0 Å². The predicted molar refractivity (Wildman–Crippen MR) is 69.4 cm³/mol. The first-order chi connectivity index (χ1) is 7.69. The molecule has 1 amide bonds. The number of rotatable bonds is 2. The van der Waals surface area contributed by atoms with Crippen molar-refractivity contribution >= 4 is 5.91 Å². The zero-order chi connectivity index (χ0) is 13.0. The average molecular weight is 238 g/mol. The highest BCUT2D eigenvalue weighted by atomic mass is 16.2. The molecule has 1 aliphatic heterocycles. The second-order valence-corrected chi connectivity index (χ2v) is 7.07. The van der Waals surface area contributed by atoms with Gasteiger partial charge in [-0.25, -0.2) is 0 Å². The van der Waals surface area contributed by atoms with Crippen molar-refractivity contribution in [3.8, 4) is 0 Å². The molecule has 2 fully saturated rings. The first kappa shape index (κ1) is 12.9. The molecule has 17 heavy (non-hydrogen) atoms. The Bertz CT molecular complexity index is 319. The standard InChI is InChI=1S/C14H26N2O/c1-9(15)10-6-7-16(8-10)12(17)11-13(2,3)14(11,4)5/h9-11H,6-8,15H2,1-5H3. The highest BCUT2D eigenvalue weighted by Gasteiger charge is 2.68. The molecule has 1 heterocycles. The fraction of sp³-hybridized carbons (Fsp3) is 0.929. The molecule has 0 aromatic heterocycles. The number of hydrogen-bond acceptors (Lipinski definition) is 2. The lowest BCUT2D eigenvalue weighted by Gasteiger charge is -2.19. The molecule has 2 N–H and O–H groups in total. The summed E-state index contributed by atoms with van der Waals surface area (Å²) in [7, 11) is 0. The van der Waals surface area contributed by atoms with E-state index in [2.05, 4.69) is 27.7 Å². The highest BCUT2D eigenvalue weighted by molar-refractivity contribution is 5.84. The SMILES string of the molecule is CC(N)C1CCN(C(=O)C2C(C)(C)C2(C)C)C1. The molecule has 0 bridgehead atoms. The van der Waals surface area contributed by atoms with Gasteiger partial charge in [-0.1, -0.05) is 27.7 Å². The molecule has 2 aliphatic rings. The van der Waals surface area contributed by atoms with E-state index in [1.165, 1.54) is 0 Å². The van der Waals surface area contributed by atoms with Crippen LogP contribution in [0.25, 0.3) is 0 Å². The Morgan fingerprint density at radius 2 is 1.82 bits per heavy atom. The minimum atomic E-state index is 0.149. The average Bonchev–Trinajstić information content (AvgIpc) is 2.57. The molecule has 1 aliphatic carbocycles. The molecule has 1 saturated carbocycles. The molecule has 98 valence electrons. The van der Waals surface area contributed by atoms with Gasteiger partial charge >= 0.3 is 0 Å². The van der Waals surface area contributed by atoms with E-state index in [0.717, 1.165) is 19.5 Å². The maximum Gasteiger partial charge on any atom is 0.226 e. The second-order valence-electron chi connectivity index (χ2n) is 7.07. The molecule has 2 atom stereocenters. The first-order valence-electron chi connectivity index (χ1n) is 6.74. The number of carbonyl (C=O) groups is 1. The van der Waals surface area contributed by atoms with Crippen LogP contribution in [0.5, 0.6) is 0 Å². The summed E-state index contributed by atoms with van der Waals surface area (Å²) in [6, 6.07) is 0.202. The van der Waals surface area contributed by atoms with Crippen LogP contribution in [0.3, 0.4) is 0 Å². The zero-order valence-corrected chi connectivity index (χ0v) is 11.8. The molecule has 3 heteroatoms. The van der Waals surface area contributed by atoms with E-state index in [0.29, 0.717) is 11.8 Å². The molecule has 2 unspecified atom stereocenters. The maximum absolute atomic E-state index is 12.5. The Morgan fingerprint density at radius 1 is 1.29 bits per heavy atom. The molecule has 0 aromatic rings. The number of likely N-dealkylation sites (tertiary alicyclic amines) is 1. The minimum absolute atomic E-state index is 0.149. The van der Waals surface area contributed by atoms with Crippen LogP contribution in [0.4, 0.5) is 0 Å². The third kappa shape index (κ3) is 1.79. The van der Waals surface area contributed by atoms with Crippen molar-refractivity contribution in [2.75, 3.05) is 13.1 Å². The van der Waals surface area contributed by atoms with Crippen LogP contribution in [-0.2, 0) is 4.79 Å². The lowest BCUT2D eigenvalue weighted by molar-refractivity contribution is -0.132. The fourth-order valence-corrected chi connectivity index (χ4v) is 3.41. The summed E-state index contributed by atoms with van der Waals surface area (Å²) in [4.78, 5) is 14.5. The van der Waals surface area contributed by atoms with Gasteiger partial charge in [0.15, 0.2) is 0 Å². The summed E-state index contributed by atoms with van der Waals surface area (Å²) in [6.45, 7) is 12.6. The van der Waals surface area contributed by atoms with E-state index in [9.17, 15) is 4.79 Å². The van der Waals surface area contributed by atoms with Crippen molar-refractivity contribution < 1.29 is 4.79 Å². The summed E-state index contributed by atoms with van der Waals surface area (Å²) in [5.74, 6) is 1.04. The third-order valence-electron chi connectivity index (χ3n) is 5.55. The van der Waals surface area contributed by atoms with Gasteiger partial charge in [0.05, 0.1) is 0 Å². The van der Waals surface area contributed by atoms with Gasteiger partial charge in [-0.05, 0) is 30.1 Å². The molecule has 0 aromatic carbocycles. The number of amides is 1. The van der Waals surface area contributed by atoms with Crippen LogP contribution in [-0.4, -0.2) is 29.9 Å². The van der Waals surface area contributed by atoms with Crippen LogP contribution >= 0.6 is 0 Å². The Hall–Kier alpha value is -0.570. The molecule has 1 saturated heterocycles. The van der Waals surface area contributed by atoms with Crippen LogP contribution in [0.15, 0.2) is 0 Å². The molecular formula is C14H26N2O.